The van der Waals surface area contributed by atoms with Crippen molar-refractivity contribution < 1.29 is 14.3 Å². The summed E-state index contributed by atoms with van der Waals surface area (Å²) in [7, 11) is 1.57. The SMILES string of the molecule is COc1ccc(C)cc1NC(=O)CSc1n[nH]c(COc2ccc(C(C)C)cc2)n1. The number of rotatable bonds is 9. The van der Waals surface area contributed by atoms with Crippen molar-refractivity contribution in [1.82, 2.24) is 15.2 Å². The molecule has 0 fully saturated rings. The Hall–Kier alpha value is -3.00. The van der Waals surface area contributed by atoms with Crippen molar-refractivity contribution in [3.05, 3.63) is 59.4 Å². The molecule has 2 aromatic carbocycles. The van der Waals surface area contributed by atoms with Crippen LogP contribution in [0.1, 0.15) is 36.7 Å². The largest absolute Gasteiger partial charge is 0.495 e. The molecule has 1 aromatic heterocycles. The van der Waals surface area contributed by atoms with Crippen LogP contribution in [0.5, 0.6) is 11.5 Å². The third kappa shape index (κ3) is 6.00. The summed E-state index contributed by atoms with van der Waals surface area (Å²) in [4.78, 5) is 16.6. The van der Waals surface area contributed by atoms with Crippen molar-refractivity contribution in [2.24, 2.45) is 0 Å². The van der Waals surface area contributed by atoms with Crippen LogP contribution in [-0.2, 0) is 11.4 Å². The maximum absolute atomic E-state index is 12.3. The van der Waals surface area contributed by atoms with E-state index in [0.29, 0.717) is 28.3 Å². The minimum absolute atomic E-state index is 0.156. The van der Waals surface area contributed by atoms with Crippen LogP contribution in [0.2, 0.25) is 0 Å². The number of anilines is 1. The van der Waals surface area contributed by atoms with Crippen LogP contribution in [0.25, 0.3) is 0 Å². The number of H-pyrrole nitrogens is 1. The lowest BCUT2D eigenvalue weighted by Crippen LogP contribution is -2.15. The van der Waals surface area contributed by atoms with Gasteiger partial charge in [0.15, 0.2) is 5.82 Å². The van der Waals surface area contributed by atoms with E-state index in [0.717, 1.165) is 11.3 Å². The Morgan fingerprint density at radius 3 is 2.67 bits per heavy atom. The predicted octanol–water partition coefficient (Wildman–Crippen LogP) is 4.55. The lowest BCUT2D eigenvalue weighted by Gasteiger charge is -2.10. The number of nitrogens with one attached hydrogen (secondary N) is 2. The molecule has 0 radical (unpaired) electrons. The number of carbonyl (C=O) groups excluding carboxylic acids is 1. The van der Waals surface area contributed by atoms with Crippen LogP contribution < -0.4 is 14.8 Å². The second-order valence-electron chi connectivity index (χ2n) is 7.12. The monoisotopic (exact) mass is 426 g/mol. The first kappa shape index (κ1) is 21.7. The van der Waals surface area contributed by atoms with E-state index in [2.05, 4.69) is 46.5 Å². The van der Waals surface area contributed by atoms with Crippen molar-refractivity contribution >= 4 is 23.4 Å². The second kappa shape index (κ2) is 10.2. The number of benzene rings is 2. The molecule has 0 aliphatic heterocycles. The summed E-state index contributed by atoms with van der Waals surface area (Å²) in [6.45, 7) is 6.55. The molecular formula is C22H26N4O3S. The Kier molecular flexibility index (Phi) is 7.35. The highest BCUT2D eigenvalue weighted by Gasteiger charge is 2.11. The minimum Gasteiger partial charge on any atom is -0.495 e. The van der Waals surface area contributed by atoms with Crippen molar-refractivity contribution in [2.75, 3.05) is 18.2 Å². The van der Waals surface area contributed by atoms with E-state index in [4.69, 9.17) is 9.47 Å². The number of hydrogen-bond donors (Lipinski definition) is 2. The van der Waals surface area contributed by atoms with Gasteiger partial charge in [-0.05, 0) is 48.2 Å². The number of methoxy groups -OCH3 is 1. The molecule has 3 aromatic rings. The third-order valence-electron chi connectivity index (χ3n) is 4.39. The molecule has 0 saturated heterocycles. The predicted molar refractivity (Wildman–Crippen MR) is 118 cm³/mol. The van der Waals surface area contributed by atoms with Gasteiger partial charge in [0.05, 0.1) is 18.6 Å². The molecule has 7 nitrogen and oxygen atoms in total. The van der Waals surface area contributed by atoms with Crippen molar-refractivity contribution in [3.8, 4) is 11.5 Å². The van der Waals surface area contributed by atoms with E-state index in [9.17, 15) is 4.79 Å². The molecule has 0 aliphatic rings. The highest BCUT2D eigenvalue weighted by atomic mass is 32.2. The Morgan fingerprint density at radius 1 is 1.20 bits per heavy atom. The zero-order valence-corrected chi connectivity index (χ0v) is 18.4. The van der Waals surface area contributed by atoms with E-state index >= 15 is 0 Å². The number of aryl methyl sites for hydroxylation is 1. The molecule has 0 unspecified atom stereocenters. The number of nitrogens with zero attached hydrogens (tertiary/aromatic N) is 2. The highest BCUT2D eigenvalue weighted by Crippen LogP contribution is 2.25. The van der Waals surface area contributed by atoms with Gasteiger partial charge in [-0.2, -0.15) is 0 Å². The Morgan fingerprint density at radius 2 is 1.97 bits per heavy atom. The van der Waals surface area contributed by atoms with E-state index in [1.807, 2.05) is 37.3 Å². The van der Waals surface area contributed by atoms with Gasteiger partial charge in [0.2, 0.25) is 11.1 Å². The fourth-order valence-electron chi connectivity index (χ4n) is 2.74. The molecular weight excluding hydrogens is 400 g/mol. The molecule has 30 heavy (non-hydrogen) atoms. The van der Waals surface area contributed by atoms with E-state index in [1.165, 1.54) is 17.3 Å². The smallest absolute Gasteiger partial charge is 0.234 e. The number of carbonyl (C=O) groups is 1. The summed E-state index contributed by atoms with van der Waals surface area (Å²) in [6.07, 6.45) is 0. The van der Waals surface area contributed by atoms with Crippen LogP contribution in [0, 0.1) is 6.92 Å². The summed E-state index contributed by atoms with van der Waals surface area (Å²) in [5.41, 5.74) is 2.95. The second-order valence-corrected chi connectivity index (χ2v) is 8.06. The normalized spacial score (nSPS) is 10.8. The summed E-state index contributed by atoms with van der Waals surface area (Å²) in [5, 5.41) is 10.3. The molecule has 0 bridgehead atoms. The topological polar surface area (TPSA) is 89.1 Å². The standard InChI is InChI=1S/C22H26N4O3S/c1-14(2)16-6-8-17(9-7-16)29-12-20-24-22(26-25-20)30-13-21(27)23-18-11-15(3)5-10-19(18)28-4/h5-11,14H,12-13H2,1-4H3,(H,23,27)(H,24,25,26). The average molecular weight is 427 g/mol. The van der Waals surface area contributed by atoms with Gasteiger partial charge in [0.25, 0.3) is 0 Å². The number of thioether (sulfide) groups is 1. The van der Waals surface area contributed by atoms with Gasteiger partial charge in [-0.15, -0.1) is 5.10 Å². The van der Waals surface area contributed by atoms with Gasteiger partial charge < -0.3 is 14.8 Å². The fourth-order valence-corrected chi connectivity index (χ4v) is 3.36. The van der Waals surface area contributed by atoms with Gasteiger partial charge in [-0.1, -0.05) is 43.8 Å². The number of hydrogen-bond acceptors (Lipinski definition) is 6. The lowest BCUT2D eigenvalue weighted by atomic mass is 10.0. The molecule has 0 spiro atoms. The van der Waals surface area contributed by atoms with Crippen molar-refractivity contribution in [3.63, 3.8) is 0 Å². The van der Waals surface area contributed by atoms with Gasteiger partial charge >= 0.3 is 0 Å². The van der Waals surface area contributed by atoms with Crippen LogP contribution in [0.15, 0.2) is 47.6 Å². The summed E-state index contributed by atoms with van der Waals surface area (Å²) < 4.78 is 11.0. The number of ether oxygens (including phenoxy) is 2. The number of aromatic amines is 1. The van der Waals surface area contributed by atoms with Crippen LogP contribution >= 0.6 is 11.8 Å². The average Bonchev–Trinajstić information content (AvgIpc) is 3.19. The first-order valence-corrected chi connectivity index (χ1v) is 10.6. The van der Waals surface area contributed by atoms with Gasteiger partial charge in [0.1, 0.15) is 18.1 Å². The fraction of sp³-hybridized carbons (Fsp3) is 0.318. The Balaban J connectivity index is 1.48. The Labute approximate surface area is 180 Å². The Bertz CT molecular complexity index is 986. The quantitative estimate of drug-likeness (QED) is 0.488. The van der Waals surface area contributed by atoms with Crippen LogP contribution in [0.3, 0.4) is 0 Å². The van der Waals surface area contributed by atoms with Crippen LogP contribution in [-0.4, -0.2) is 34.0 Å². The zero-order valence-electron chi connectivity index (χ0n) is 17.6. The van der Waals surface area contributed by atoms with Crippen molar-refractivity contribution in [1.29, 1.82) is 0 Å². The molecule has 0 aliphatic carbocycles. The zero-order chi connectivity index (χ0) is 21.5. The molecule has 158 valence electrons. The maximum Gasteiger partial charge on any atom is 0.234 e. The molecule has 1 amide bonds. The maximum atomic E-state index is 12.3. The lowest BCUT2D eigenvalue weighted by molar-refractivity contribution is -0.113. The molecule has 1 heterocycles. The van der Waals surface area contributed by atoms with Gasteiger partial charge in [0, 0.05) is 0 Å². The summed E-state index contributed by atoms with van der Waals surface area (Å²) in [6, 6.07) is 13.6. The number of amides is 1. The third-order valence-corrected chi connectivity index (χ3v) is 5.24. The van der Waals surface area contributed by atoms with Gasteiger partial charge in [-0.3, -0.25) is 9.89 Å². The first-order valence-electron chi connectivity index (χ1n) is 9.66. The molecule has 2 N–H and O–H groups in total. The van der Waals surface area contributed by atoms with Gasteiger partial charge in [-0.25, -0.2) is 4.98 Å². The van der Waals surface area contributed by atoms with E-state index < -0.39 is 0 Å². The molecule has 0 atom stereocenters. The summed E-state index contributed by atoms with van der Waals surface area (Å²) in [5.74, 6) is 2.51. The number of aromatic nitrogens is 3. The first-order chi connectivity index (χ1) is 14.4. The minimum atomic E-state index is -0.156. The molecule has 8 heteroatoms. The summed E-state index contributed by atoms with van der Waals surface area (Å²) >= 11 is 1.25. The van der Waals surface area contributed by atoms with E-state index in [1.54, 1.807) is 7.11 Å². The molecule has 0 saturated carbocycles. The van der Waals surface area contributed by atoms with Crippen LogP contribution in [0.4, 0.5) is 5.69 Å². The van der Waals surface area contributed by atoms with Crippen molar-refractivity contribution in [2.45, 2.75) is 38.5 Å². The highest BCUT2D eigenvalue weighted by molar-refractivity contribution is 7.99. The molecule has 3 rings (SSSR count). The van der Waals surface area contributed by atoms with E-state index in [-0.39, 0.29) is 18.3 Å².